The molecule has 1 N–H and O–H groups in total. The summed E-state index contributed by atoms with van der Waals surface area (Å²) in [7, 11) is 0. The number of oxazole rings is 1. The van der Waals surface area contributed by atoms with Gasteiger partial charge in [-0.3, -0.25) is 0 Å². The monoisotopic (exact) mass is 208 g/mol. The van der Waals surface area contributed by atoms with Gasteiger partial charge in [-0.25, -0.2) is 4.98 Å². The molecule has 1 fully saturated rings. The zero-order chi connectivity index (χ0) is 10.7. The second-order valence-corrected chi connectivity index (χ2v) is 5.14. The Balaban J connectivity index is 1.88. The highest BCUT2D eigenvalue weighted by atomic mass is 16.3. The summed E-state index contributed by atoms with van der Waals surface area (Å²) in [6.07, 6.45) is 8.58. The summed E-state index contributed by atoms with van der Waals surface area (Å²) in [5.41, 5.74) is 0.415. The Kier molecular flexibility index (Phi) is 3.10. The van der Waals surface area contributed by atoms with Crippen LogP contribution < -0.4 is 5.32 Å². The highest BCUT2D eigenvalue weighted by Gasteiger charge is 2.31. The standard InChI is InChI=1S/C12H20N2O/c1-12(2)6-4-3-5-11(12)14-8-10-7-13-9-15-10/h7,9,11,14H,3-6,8H2,1-2H3. The second kappa shape index (κ2) is 4.35. The Morgan fingerprint density at radius 3 is 3.07 bits per heavy atom. The lowest BCUT2D eigenvalue weighted by atomic mass is 9.73. The van der Waals surface area contributed by atoms with Crippen molar-refractivity contribution in [3.05, 3.63) is 18.4 Å². The molecule has 1 aliphatic carbocycles. The lowest BCUT2D eigenvalue weighted by Gasteiger charge is -2.39. The van der Waals surface area contributed by atoms with Crippen LogP contribution in [0.4, 0.5) is 0 Å². The van der Waals surface area contributed by atoms with Crippen LogP contribution in [0.25, 0.3) is 0 Å². The van der Waals surface area contributed by atoms with Crippen LogP contribution in [0.1, 0.15) is 45.3 Å². The number of aromatic nitrogens is 1. The fourth-order valence-electron chi connectivity index (χ4n) is 2.43. The fourth-order valence-corrected chi connectivity index (χ4v) is 2.43. The van der Waals surface area contributed by atoms with Gasteiger partial charge in [0.15, 0.2) is 6.39 Å². The number of hydrogen-bond donors (Lipinski definition) is 1. The van der Waals surface area contributed by atoms with Crippen molar-refractivity contribution >= 4 is 0 Å². The van der Waals surface area contributed by atoms with Gasteiger partial charge >= 0.3 is 0 Å². The Morgan fingerprint density at radius 1 is 1.53 bits per heavy atom. The first-order chi connectivity index (χ1) is 7.18. The van der Waals surface area contributed by atoms with Crippen LogP contribution in [-0.4, -0.2) is 11.0 Å². The third kappa shape index (κ3) is 2.59. The van der Waals surface area contributed by atoms with Crippen molar-refractivity contribution in [3.8, 4) is 0 Å². The average molecular weight is 208 g/mol. The minimum Gasteiger partial charge on any atom is -0.447 e. The highest BCUT2D eigenvalue weighted by molar-refractivity contribution is 4.92. The molecule has 1 saturated carbocycles. The van der Waals surface area contributed by atoms with Gasteiger partial charge in [-0.05, 0) is 18.3 Å². The lowest BCUT2D eigenvalue weighted by Crippen LogP contribution is -2.43. The fraction of sp³-hybridized carbons (Fsp3) is 0.750. The van der Waals surface area contributed by atoms with Gasteiger partial charge in [0.1, 0.15) is 5.76 Å². The van der Waals surface area contributed by atoms with Crippen LogP contribution in [0.5, 0.6) is 0 Å². The van der Waals surface area contributed by atoms with E-state index in [1.54, 1.807) is 6.20 Å². The topological polar surface area (TPSA) is 38.1 Å². The SMILES string of the molecule is CC1(C)CCCCC1NCc1cnco1. The maximum atomic E-state index is 5.22. The number of hydrogen-bond acceptors (Lipinski definition) is 3. The molecule has 0 amide bonds. The smallest absolute Gasteiger partial charge is 0.180 e. The van der Waals surface area contributed by atoms with E-state index in [0.717, 1.165) is 12.3 Å². The van der Waals surface area contributed by atoms with E-state index in [1.807, 2.05) is 0 Å². The summed E-state index contributed by atoms with van der Waals surface area (Å²) in [5.74, 6) is 0.927. The van der Waals surface area contributed by atoms with Gasteiger partial charge in [0.05, 0.1) is 12.7 Å². The molecule has 84 valence electrons. The Labute approximate surface area is 91.3 Å². The van der Waals surface area contributed by atoms with Crippen LogP contribution in [0.3, 0.4) is 0 Å². The van der Waals surface area contributed by atoms with Gasteiger partial charge in [0.2, 0.25) is 0 Å². The largest absolute Gasteiger partial charge is 0.447 e. The molecule has 0 saturated heterocycles. The third-order valence-corrected chi connectivity index (χ3v) is 3.51. The van der Waals surface area contributed by atoms with E-state index < -0.39 is 0 Å². The van der Waals surface area contributed by atoms with Gasteiger partial charge in [-0.15, -0.1) is 0 Å². The van der Waals surface area contributed by atoms with Crippen LogP contribution in [0, 0.1) is 5.41 Å². The first-order valence-corrected chi connectivity index (χ1v) is 5.79. The molecule has 1 aromatic rings. The molecule has 0 bridgehead atoms. The summed E-state index contributed by atoms with van der Waals surface area (Å²) in [4.78, 5) is 3.92. The third-order valence-electron chi connectivity index (χ3n) is 3.51. The maximum absolute atomic E-state index is 5.22. The maximum Gasteiger partial charge on any atom is 0.180 e. The molecule has 0 spiro atoms. The predicted octanol–water partition coefficient (Wildman–Crippen LogP) is 2.73. The van der Waals surface area contributed by atoms with Gasteiger partial charge in [-0.2, -0.15) is 0 Å². The Hall–Kier alpha value is -0.830. The highest BCUT2D eigenvalue weighted by Crippen LogP contribution is 2.35. The molecule has 1 heterocycles. The second-order valence-electron chi connectivity index (χ2n) is 5.14. The van der Waals surface area contributed by atoms with Crippen LogP contribution in [-0.2, 0) is 6.54 Å². The molecule has 1 aromatic heterocycles. The minimum absolute atomic E-state index is 0.415. The van der Waals surface area contributed by atoms with E-state index in [1.165, 1.54) is 32.1 Å². The van der Waals surface area contributed by atoms with Crippen molar-refractivity contribution < 1.29 is 4.42 Å². The first kappa shape index (κ1) is 10.7. The van der Waals surface area contributed by atoms with Gasteiger partial charge < -0.3 is 9.73 Å². The summed E-state index contributed by atoms with van der Waals surface area (Å²) >= 11 is 0. The molecule has 0 aromatic carbocycles. The molecule has 0 radical (unpaired) electrons. The van der Waals surface area contributed by atoms with Crippen molar-refractivity contribution in [1.29, 1.82) is 0 Å². The molecule has 1 aliphatic rings. The summed E-state index contributed by atoms with van der Waals surface area (Å²) < 4.78 is 5.22. The van der Waals surface area contributed by atoms with E-state index in [4.69, 9.17) is 4.42 Å². The summed E-state index contributed by atoms with van der Waals surface area (Å²) in [5, 5.41) is 3.58. The molecule has 0 aliphatic heterocycles. The van der Waals surface area contributed by atoms with E-state index in [2.05, 4.69) is 24.1 Å². The average Bonchev–Trinajstić information content (AvgIpc) is 2.68. The van der Waals surface area contributed by atoms with Crippen LogP contribution in [0.15, 0.2) is 17.0 Å². The van der Waals surface area contributed by atoms with E-state index in [0.29, 0.717) is 11.5 Å². The lowest BCUT2D eigenvalue weighted by molar-refractivity contribution is 0.164. The number of nitrogens with one attached hydrogen (secondary N) is 1. The van der Waals surface area contributed by atoms with E-state index >= 15 is 0 Å². The molecule has 3 heteroatoms. The summed E-state index contributed by atoms with van der Waals surface area (Å²) in [6.45, 7) is 5.50. The van der Waals surface area contributed by atoms with Crippen molar-refractivity contribution in [2.45, 2.75) is 52.1 Å². The van der Waals surface area contributed by atoms with E-state index in [9.17, 15) is 0 Å². The number of rotatable bonds is 3. The molecule has 1 atom stereocenters. The molecule has 15 heavy (non-hydrogen) atoms. The van der Waals surface area contributed by atoms with Gasteiger partial charge in [-0.1, -0.05) is 26.7 Å². The number of nitrogens with zero attached hydrogens (tertiary/aromatic N) is 1. The van der Waals surface area contributed by atoms with Crippen molar-refractivity contribution in [3.63, 3.8) is 0 Å². The summed E-state index contributed by atoms with van der Waals surface area (Å²) in [6, 6.07) is 0.608. The first-order valence-electron chi connectivity index (χ1n) is 5.79. The molecule has 3 nitrogen and oxygen atoms in total. The van der Waals surface area contributed by atoms with Gasteiger partial charge in [0, 0.05) is 6.04 Å². The normalized spacial score (nSPS) is 25.3. The van der Waals surface area contributed by atoms with Crippen molar-refractivity contribution in [1.82, 2.24) is 10.3 Å². The van der Waals surface area contributed by atoms with Crippen molar-refractivity contribution in [2.24, 2.45) is 5.41 Å². The van der Waals surface area contributed by atoms with E-state index in [-0.39, 0.29) is 0 Å². The Bertz CT molecular complexity index is 293. The zero-order valence-corrected chi connectivity index (χ0v) is 9.62. The van der Waals surface area contributed by atoms with Crippen LogP contribution >= 0.6 is 0 Å². The molecule has 2 rings (SSSR count). The molecular weight excluding hydrogens is 188 g/mol. The molecule has 1 unspecified atom stereocenters. The predicted molar refractivity (Wildman–Crippen MR) is 59.4 cm³/mol. The minimum atomic E-state index is 0.415. The quantitative estimate of drug-likeness (QED) is 0.830. The van der Waals surface area contributed by atoms with Gasteiger partial charge in [0.25, 0.3) is 0 Å². The van der Waals surface area contributed by atoms with Crippen LogP contribution in [0.2, 0.25) is 0 Å². The zero-order valence-electron chi connectivity index (χ0n) is 9.62. The van der Waals surface area contributed by atoms with Crippen molar-refractivity contribution in [2.75, 3.05) is 0 Å². The molecular formula is C12H20N2O. The Morgan fingerprint density at radius 2 is 2.40 bits per heavy atom.